The Kier molecular flexibility index (Phi) is 5.30. The van der Waals surface area contributed by atoms with Crippen LogP contribution in [0.2, 0.25) is 0 Å². The van der Waals surface area contributed by atoms with Crippen LogP contribution in [0.5, 0.6) is 0 Å². The van der Waals surface area contributed by atoms with Crippen molar-refractivity contribution in [2.45, 2.75) is 20.4 Å². The number of aromatic nitrogens is 2. The zero-order valence-corrected chi connectivity index (χ0v) is 15.1. The molecule has 0 aliphatic heterocycles. The standard InChI is InChI=1S/C20H19N3O4/c1-3-27-18(24)11-23-12-21-17-8-7-15(10-16(17)20(23)26)22-19(25)14-6-4-5-13(2)9-14/h4-10,12H,3,11H2,1-2H3,(H,22,25). The molecule has 2 aromatic carbocycles. The smallest absolute Gasteiger partial charge is 0.326 e. The molecule has 0 unspecified atom stereocenters. The fourth-order valence-corrected chi connectivity index (χ4v) is 2.68. The maximum atomic E-state index is 12.6. The minimum absolute atomic E-state index is 0.213. The molecule has 0 radical (unpaired) electrons. The number of esters is 1. The molecule has 3 aromatic rings. The average Bonchev–Trinajstić information content (AvgIpc) is 2.64. The van der Waals surface area contributed by atoms with E-state index in [1.54, 1.807) is 37.3 Å². The van der Waals surface area contributed by atoms with Crippen LogP contribution in [-0.4, -0.2) is 28.0 Å². The monoisotopic (exact) mass is 365 g/mol. The molecule has 0 spiro atoms. The maximum absolute atomic E-state index is 12.6. The molecule has 0 bridgehead atoms. The number of aryl methyl sites for hydroxylation is 1. The molecule has 7 nitrogen and oxygen atoms in total. The molecule has 0 saturated heterocycles. The summed E-state index contributed by atoms with van der Waals surface area (Å²) < 4.78 is 6.05. The number of carbonyl (C=O) groups is 2. The largest absolute Gasteiger partial charge is 0.465 e. The first-order valence-electron chi connectivity index (χ1n) is 8.51. The van der Waals surface area contributed by atoms with E-state index in [-0.39, 0.29) is 24.6 Å². The van der Waals surface area contributed by atoms with Crippen molar-refractivity contribution in [3.63, 3.8) is 0 Å². The number of benzene rings is 2. The number of fused-ring (bicyclic) bond motifs is 1. The third-order valence-electron chi connectivity index (χ3n) is 3.97. The van der Waals surface area contributed by atoms with E-state index in [4.69, 9.17) is 4.74 Å². The van der Waals surface area contributed by atoms with E-state index in [0.29, 0.717) is 22.2 Å². The molecular weight excluding hydrogens is 346 g/mol. The fraction of sp³-hybridized carbons (Fsp3) is 0.200. The summed E-state index contributed by atoms with van der Waals surface area (Å²) in [4.78, 5) is 40.8. The van der Waals surface area contributed by atoms with E-state index in [1.807, 2.05) is 19.1 Å². The first kappa shape index (κ1) is 18.3. The van der Waals surface area contributed by atoms with E-state index in [9.17, 15) is 14.4 Å². The summed E-state index contributed by atoms with van der Waals surface area (Å²) >= 11 is 0. The second-order valence-corrected chi connectivity index (χ2v) is 6.04. The van der Waals surface area contributed by atoms with Gasteiger partial charge in [-0.25, -0.2) is 4.98 Å². The first-order valence-corrected chi connectivity index (χ1v) is 8.51. The van der Waals surface area contributed by atoms with Gasteiger partial charge in [-0.1, -0.05) is 17.7 Å². The third-order valence-corrected chi connectivity index (χ3v) is 3.97. The van der Waals surface area contributed by atoms with Crippen LogP contribution in [-0.2, 0) is 16.1 Å². The highest BCUT2D eigenvalue weighted by Crippen LogP contribution is 2.16. The Morgan fingerprint density at radius 3 is 2.74 bits per heavy atom. The van der Waals surface area contributed by atoms with Gasteiger partial charge < -0.3 is 10.1 Å². The molecule has 27 heavy (non-hydrogen) atoms. The normalized spacial score (nSPS) is 10.6. The quantitative estimate of drug-likeness (QED) is 0.702. The van der Waals surface area contributed by atoms with Crippen LogP contribution in [0.25, 0.3) is 10.9 Å². The van der Waals surface area contributed by atoms with Gasteiger partial charge in [0.2, 0.25) is 0 Å². The number of nitrogens with zero attached hydrogens (tertiary/aromatic N) is 2. The van der Waals surface area contributed by atoms with Crippen LogP contribution in [0, 0.1) is 6.92 Å². The van der Waals surface area contributed by atoms with E-state index in [0.717, 1.165) is 5.56 Å². The number of hydrogen-bond acceptors (Lipinski definition) is 5. The Balaban J connectivity index is 1.89. The van der Waals surface area contributed by atoms with Gasteiger partial charge in [0.15, 0.2) is 0 Å². The predicted molar refractivity (Wildman–Crippen MR) is 102 cm³/mol. The van der Waals surface area contributed by atoms with Crippen molar-refractivity contribution in [2.24, 2.45) is 0 Å². The van der Waals surface area contributed by atoms with Crippen LogP contribution >= 0.6 is 0 Å². The van der Waals surface area contributed by atoms with Crippen molar-refractivity contribution in [2.75, 3.05) is 11.9 Å². The lowest BCUT2D eigenvalue weighted by Gasteiger charge is -2.09. The summed E-state index contributed by atoms with van der Waals surface area (Å²) in [6, 6.07) is 12.1. The van der Waals surface area contributed by atoms with Crippen molar-refractivity contribution in [3.05, 3.63) is 70.3 Å². The number of nitrogens with one attached hydrogen (secondary N) is 1. The lowest BCUT2D eigenvalue weighted by molar-refractivity contribution is -0.143. The van der Waals surface area contributed by atoms with Crippen molar-refractivity contribution in [1.82, 2.24) is 9.55 Å². The van der Waals surface area contributed by atoms with E-state index in [1.165, 1.54) is 10.9 Å². The van der Waals surface area contributed by atoms with Gasteiger partial charge in [0.1, 0.15) is 6.54 Å². The summed E-state index contributed by atoms with van der Waals surface area (Å²) in [5.74, 6) is -0.779. The topological polar surface area (TPSA) is 90.3 Å². The molecule has 3 rings (SSSR count). The predicted octanol–water partition coefficient (Wildman–Crippen LogP) is 2.52. The van der Waals surface area contributed by atoms with Gasteiger partial charge in [-0.3, -0.25) is 19.0 Å². The van der Waals surface area contributed by atoms with Crippen LogP contribution in [0.1, 0.15) is 22.8 Å². The van der Waals surface area contributed by atoms with Crippen LogP contribution < -0.4 is 10.9 Å². The van der Waals surface area contributed by atoms with Gasteiger partial charge in [-0.05, 0) is 44.2 Å². The van der Waals surface area contributed by atoms with E-state index >= 15 is 0 Å². The van der Waals surface area contributed by atoms with Gasteiger partial charge in [-0.2, -0.15) is 0 Å². The Labute approximate surface area is 155 Å². The molecule has 0 fully saturated rings. The third kappa shape index (κ3) is 4.20. The van der Waals surface area contributed by atoms with Gasteiger partial charge in [0, 0.05) is 11.3 Å². The summed E-state index contributed by atoms with van der Waals surface area (Å²) in [5, 5.41) is 3.09. The Bertz CT molecular complexity index is 1070. The molecule has 0 aliphatic rings. The molecule has 138 valence electrons. The van der Waals surface area contributed by atoms with Crippen LogP contribution in [0.4, 0.5) is 5.69 Å². The molecule has 0 saturated carbocycles. The highest BCUT2D eigenvalue weighted by molar-refractivity contribution is 6.05. The second kappa shape index (κ2) is 7.82. The molecule has 0 atom stereocenters. The molecule has 1 aromatic heterocycles. The molecule has 1 N–H and O–H groups in total. The SMILES string of the molecule is CCOC(=O)Cn1cnc2ccc(NC(=O)c3cccc(C)c3)cc2c1=O. The molecule has 7 heteroatoms. The number of carbonyl (C=O) groups excluding carboxylic acids is 2. The van der Waals surface area contributed by atoms with Crippen molar-refractivity contribution in [3.8, 4) is 0 Å². The van der Waals surface area contributed by atoms with Crippen LogP contribution in [0.3, 0.4) is 0 Å². The molecular formula is C20H19N3O4. The van der Waals surface area contributed by atoms with E-state index in [2.05, 4.69) is 10.3 Å². The highest BCUT2D eigenvalue weighted by Gasteiger charge is 2.11. The van der Waals surface area contributed by atoms with Gasteiger partial charge in [-0.15, -0.1) is 0 Å². The lowest BCUT2D eigenvalue weighted by Crippen LogP contribution is -2.25. The summed E-state index contributed by atoms with van der Waals surface area (Å²) in [5.41, 5.74) is 2.09. The zero-order valence-electron chi connectivity index (χ0n) is 15.1. The van der Waals surface area contributed by atoms with Crippen molar-refractivity contribution < 1.29 is 14.3 Å². The van der Waals surface area contributed by atoms with Crippen LogP contribution in [0.15, 0.2) is 53.6 Å². The summed E-state index contributed by atoms with van der Waals surface area (Å²) in [7, 11) is 0. The molecule has 1 amide bonds. The van der Waals surface area contributed by atoms with Gasteiger partial charge in [0.05, 0.1) is 23.8 Å². The summed E-state index contributed by atoms with van der Waals surface area (Å²) in [6.07, 6.45) is 1.31. The fourth-order valence-electron chi connectivity index (χ4n) is 2.68. The van der Waals surface area contributed by atoms with Gasteiger partial charge >= 0.3 is 5.97 Å². The first-order chi connectivity index (χ1) is 13.0. The average molecular weight is 365 g/mol. The number of hydrogen-bond donors (Lipinski definition) is 1. The Morgan fingerprint density at radius 1 is 1.19 bits per heavy atom. The number of rotatable bonds is 5. The molecule has 0 aliphatic carbocycles. The minimum Gasteiger partial charge on any atom is -0.465 e. The summed E-state index contributed by atoms with van der Waals surface area (Å²) in [6.45, 7) is 3.63. The maximum Gasteiger partial charge on any atom is 0.326 e. The molecule has 1 heterocycles. The Morgan fingerprint density at radius 2 is 2.00 bits per heavy atom. The van der Waals surface area contributed by atoms with Gasteiger partial charge in [0.25, 0.3) is 11.5 Å². The Hall–Kier alpha value is -3.48. The number of ether oxygens (including phenoxy) is 1. The second-order valence-electron chi connectivity index (χ2n) is 6.04. The lowest BCUT2D eigenvalue weighted by atomic mass is 10.1. The zero-order chi connectivity index (χ0) is 19.4. The van der Waals surface area contributed by atoms with Crippen molar-refractivity contribution in [1.29, 1.82) is 0 Å². The highest BCUT2D eigenvalue weighted by atomic mass is 16.5. The number of amides is 1. The van der Waals surface area contributed by atoms with Crippen molar-refractivity contribution >= 4 is 28.5 Å². The minimum atomic E-state index is -0.510. The van der Waals surface area contributed by atoms with E-state index < -0.39 is 5.97 Å². The number of anilines is 1.